The van der Waals surface area contributed by atoms with Crippen LogP contribution in [0.15, 0.2) is 49.0 Å². The average Bonchev–Trinajstić information content (AvgIpc) is 2.31. The first-order valence-corrected chi connectivity index (χ1v) is 5.52. The Labute approximate surface area is 97.3 Å². The molecular formula is C16H16. The minimum Gasteiger partial charge on any atom is -0.0985 e. The minimum atomic E-state index is 1.21. The lowest BCUT2D eigenvalue weighted by molar-refractivity contribution is 1.39. The molecular weight excluding hydrogens is 192 g/mol. The third kappa shape index (κ3) is 1.79. The van der Waals surface area contributed by atoms with E-state index in [4.69, 9.17) is 0 Å². The van der Waals surface area contributed by atoms with Crippen molar-refractivity contribution in [1.29, 1.82) is 0 Å². The van der Waals surface area contributed by atoms with Crippen LogP contribution in [0.4, 0.5) is 0 Å². The summed E-state index contributed by atoms with van der Waals surface area (Å²) in [6.07, 6.45) is 1.91. The van der Waals surface area contributed by atoms with Crippen molar-refractivity contribution in [3.05, 3.63) is 65.7 Å². The lowest BCUT2D eigenvalue weighted by atomic mass is 9.94. The summed E-state index contributed by atoms with van der Waals surface area (Å²) in [5.74, 6) is 0. The Hall–Kier alpha value is -1.82. The van der Waals surface area contributed by atoms with Crippen LogP contribution in [0.5, 0.6) is 0 Å². The number of rotatable bonds is 2. The van der Waals surface area contributed by atoms with E-state index in [0.717, 1.165) is 0 Å². The van der Waals surface area contributed by atoms with Crippen molar-refractivity contribution in [2.75, 3.05) is 0 Å². The second-order valence-corrected chi connectivity index (χ2v) is 4.04. The average molecular weight is 208 g/mol. The molecule has 2 aromatic rings. The first-order chi connectivity index (χ1) is 7.74. The highest BCUT2D eigenvalue weighted by molar-refractivity contribution is 5.74. The molecule has 0 atom stereocenters. The van der Waals surface area contributed by atoms with Crippen LogP contribution in [0.1, 0.15) is 16.7 Å². The van der Waals surface area contributed by atoms with Crippen LogP contribution in [-0.4, -0.2) is 0 Å². The summed E-state index contributed by atoms with van der Waals surface area (Å²) in [5, 5.41) is 0. The molecule has 0 nitrogen and oxygen atoms in total. The quantitative estimate of drug-likeness (QED) is 0.676. The fourth-order valence-electron chi connectivity index (χ4n) is 2.04. The molecule has 0 radical (unpaired) electrons. The van der Waals surface area contributed by atoms with Gasteiger partial charge >= 0.3 is 0 Å². The standard InChI is InChI=1S/C16H16/c1-4-14-9-7-11-16(13(14)3)15-10-6-5-8-12(15)2/h4-11H,1H2,2-3H3. The van der Waals surface area contributed by atoms with Crippen LogP contribution in [0, 0.1) is 13.8 Å². The van der Waals surface area contributed by atoms with E-state index in [1.54, 1.807) is 0 Å². The van der Waals surface area contributed by atoms with Crippen LogP contribution in [0.2, 0.25) is 0 Å². The zero-order valence-corrected chi connectivity index (χ0v) is 9.83. The van der Waals surface area contributed by atoms with Gasteiger partial charge in [0.2, 0.25) is 0 Å². The van der Waals surface area contributed by atoms with Gasteiger partial charge in [-0.25, -0.2) is 0 Å². The van der Waals surface area contributed by atoms with Crippen LogP contribution < -0.4 is 0 Å². The van der Waals surface area contributed by atoms with Crippen molar-refractivity contribution in [1.82, 2.24) is 0 Å². The molecule has 0 spiro atoms. The topological polar surface area (TPSA) is 0 Å². The van der Waals surface area contributed by atoms with E-state index < -0.39 is 0 Å². The fourth-order valence-corrected chi connectivity index (χ4v) is 2.04. The van der Waals surface area contributed by atoms with Gasteiger partial charge in [-0.3, -0.25) is 0 Å². The molecule has 80 valence electrons. The SMILES string of the molecule is C=Cc1cccc(-c2ccccc2C)c1C. The van der Waals surface area contributed by atoms with Gasteiger partial charge in [0.1, 0.15) is 0 Å². The Morgan fingerprint density at radius 2 is 1.56 bits per heavy atom. The van der Waals surface area contributed by atoms with E-state index in [2.05, 4.69) is 62.9 Å². The molecule has 0 fully saturated rings. The predicted octanol–water partition coefficient (Wildman–Crippen LogP) is 4.61. The van der Waals surface area contributed by atoms with Crippen molar-refractivity contribution in [3.63, 3.8) is 0 Å². The zero-order chi connectivity index (χ0) is 11.5. The lowest BCUT2D eigenvalue weighted by Gasteiger charge is -2.11. The van der Waals surface area contributed by atoms with Crippen LogP contribution >= 0.6 is 0 Å². The summed E-state index contributed by atoms with van der Waals surface area (Å²) in [6, 6.07) is 14.8. The number of aryl methyl sites for hydroxylation is 1. The Morgan fingerprint density at radius 1 is 0.875 bits per heavy atom. The van der Waals surface area contributed by atoms with Crippen molar-refractivity contribution >= 4 is 6.08 Å². The summed E-state index contributed by atoms with van der Waals surface area (Å²) in [5.41, 5.74) is 6.43. The van der Waals surface area contributed by atoms with Gasteiger partial charge in [-0.1, -0.05) is 55.1 Å². The molecule has 0 saturated carbocycles. The Balaban J connectivity index is 2.65. The normalized spacial score (nSPS) is 10.1. The minimum absolute atomic E-state index is 1.21. The maximum Gasteiger partial charge on any atom is -0.0146 e. The third-order valence-corrected chi connectivity index (χ3v) is 3.03. The van der Waals surface area contributed by atoms with Gasteiger partial charge in [-0.15, -0.1) is 0 Å². The molecule has 0 heteroatoms. The molecule has 0 aromatic heterocycles. The van der Waals surface area contributed by atoms with E-state index in [-0.39, 0.29) is 0 Å². The Morgan fingerprint density at radius 3 is 2.25 bits per heavy atom. The van der Waals surface area contributed by atoms with Gasteiger partial charge in [-0.2, -0.15) is 0 Å². The summed E-state index contributed by atoms with van der Waals surface area (Å²) >= 11 is 0. The molecule has 0 bridgehead atoms. The summed E-state index contributed by atoms with van der Waals surface area (Å²) in [4.78, 5) is 0. The Kier molecular flexibility index (Phi) is 2.91. The molecule has 0 N–H and O–H groups in total. The molecule has 2 aromatic carbocycles. The first-order valence-electron chi connectivity index (χ1n) is 5.52. The van der Waals surface area contributed by atoms with Crippen LogP contribution in [-0.2, 0) is 0 Å². The van der Waals surface area contributed by atoms with Gasteiger partial charge in [0.05, 0.1) is 0 Å². The largest absolute Gasteiger partial charge is 0.0985 e. The van der Waals surface area contributed by atoms with Crippen molar-refractivity contribution < 1.29 is 0 Å². The van der Waals surface area contributed by atoms with E-state index in [9.17, 15) is 0 Å². The molecule has 2 rings (SSSR count). The van der Waals surface area contributed by atoms with E-state index in [1.807, 2.05) is 6.08 Å². The second kappa shape index (κ2) is 4.36. The van der Waals surface area contributed by atoms with Crippen molar-refractivity contribution in [2.24, 2.45) is 0 Å². The van der Waals surface area contributed by atoms with Gasteiger partial charge in [0.15, 0.2) is 0 Å². The Bertz CT molecular complexity index is 521. The molecule has 16 heavy (non-hydrogen) atoms. The molecule has 0 aliphatic heterocycles. The van der Waals surface area contributed by atoms with Gasteiger partial charge < -0.3 is 0 Å². The van der Waals surface area contributed by atoms with Crippen LogP contribution in [0.25, 0.3) is 17.2 Å². The summed E-state index contributed by atoms with van der Waals surface area (Å²) in [6.45, 7) is 8.15. The van der Waals surface area contributed by atoms with E-state index in [1.165, 1.54) is 27.8 Å². The number of hydrogen-bond donors (Lipinski definition) is 0. The van der Waals surface area contributed by atoms with E-state index in [0.29, 0.717) is 0 Å². The summed E-state index contributed by atoms with van der Waals surface area (Å²) in [7, 11) is 0. The molecule has 0 saturated heterocycles. The molecule has 0 amide bonds. The van der Waals surface area contributed by atoms with E-state index >= 15 is 0 Å². The monoisotopic (exact) mass is 208 g/mol. The highest BCUT2D eigenvalue weighted by Crippen LogP contribution is 2.28. The smallest absolute Gasteiger partial charge is 0.0146 e. The predicted molar refractivity (Wildman–Crippen MR) is 71.4 cm³/mol. The van der Waals surface area contributed by atoms with Crippen LogP contribution in [0.3, 0.4) is 0 Å². The highest BCUT2D eigenvalue weighted by atomic mass is 14.1. The summed E-state index contributed by atoms with van der Waals surface area (Å²) < 4.78 is 0. The second-order valence-electron chi connectivity index (χ2n) is 4.04. The zero-order valence-electron chi connectivity index (χ0n) is 9.83. The van der Waals surface area contributed by atoms with Crippen molar-refractivity contribution in [2.45, 2.75) is 13.8 Å². The van der Waals surface area contributed by atoms with Gasteiger partial charge in [-0.05, 0) is 41.7 Å². The molecule has 0 unspecified atom stereocenters. The first kappa shape index (κ1) is 10.7. The van der Waals surface area contributed by atoms with Gasteiger partial charge in [0.25, 0.3) is 0 Å². The molecule has 0 heterocycles. The highest BCUT2D eigenvalue weighted by Gasteiger charge is 2.05. The molecule has 0 aliphatic carbocycles. The lowest BCUT2D eigenvalue weighted by Crippen LogP contribution is -1.89. The fraction of sp³-hybridized carbons (Fsp3) is 0.125. The maximum atomic E-state index is 3.85. The number of benzene rings is 2. The van der Waals surface area contributed by atoms with Crippen molar-refractivity contribution in [3.8, 4) is 11.1 Å². The van der Waals surface area contributed by atoms with Gasteiger partial charge in [0, 0.05) is 0 Å². The maximum absolute atomic E-state index is 3.85. The number of hydrogen-bond acceptors (Lipinski definition) is 0. The third-order valence-electron chi connectivity index (χ3n) is 3.03. The molecule has 0 aliphatic rings.